The second-order valence-corrected chi connectivity index (χ2v) is 5.76. The van der Waals surface area contributed by atoms with Gasteiger partial charge in [0.15, 0.2) is 0 Å². The molecule has 2 aromatic carbocycles. The SMILES string of the molecule is Cc1ccc(-c2nn3c(=O)c(NC(=O)c4ccccc4)cnc3o2)cc1. The van der Waals surface area contributed by atoms with E-state index >= 15 is 0 Å². The minimum Gasteiger partial charge on any atom is -0.403 e. The Morgan fingerprint density at radius 2 is 1.81 bits per heavy atom. The Morgan fingerprint density at radius 3 is 2.54 bits per heavy atom. The second kappa shape index (κ2) is 6.29. The summed E-state index contributed by atoms with van der Waals surface area (Å²) in [6.07, 6.45) is 1.27. The second-order valence-electron chi connectivity index (χ2n) is 5.76. The van der Waals surface area contributed by atoms with E-state index in [-0.39, 0.29) is 17.4 Å². The quantitative estimate of drug-likeness (QED) is 0.616. The normalized spacial score (nSPS) is 10.8. The van der Waals surface area contributed by atoms with Crippen LogP contribution in [0.3, 0.4) is 0 Å². The number of nitrogens with one attached hydrogen (secondary N) is 1. The molecular weight excluding hydrogens is 332 g/mol. The van der Waals surface area contributed by atoms with Crippen molar-refractivity contribution < 1.29 is 9.21 Å². The van der Waals surface area contributed by atoms with Crippen LogP contribution in [0.2, 0.25) is 0 Å². The van der Waals surface area contributed by atoms with E-state index in [0.29, 0.717) is 5.56 Å². The largest absolute Gasteiger partial charge is 0.403 e. The first-order valence-electron chi connectivity index (χ1n) is 7.94. The molecule has 1 N–H and O–H groups in total. The molecule has 7 heteroatoms. The maximum Gasteiger partial charge on any atom is 0.328 e. The number of hydrogen-bond donors (Lipinski definition) is 1. The number of carbonyl (C=O) groups is 1. The zero-order valence-corrected chi connectivity index (χ0v) is 13.8. The van der Waals surface area contributed by atoms with Crippen molar-refractivity contribution >= 4 is 17.4 Å². The summed E-state index contributed by atoms with van der Waals surface area (Å²) >= 11 is 0. The molecule has 2 heterocycles. The smallest absolute Gasteiger partial charge is 0.328 e. The number of fused-ring (bicyclic) bond motifs is 1. The summed E-state index contributed by atoms with van der Waals surface area (Å²) in [4.78, 5) is 28.9. The molecular formula is C19H14N4O3. The number of nitrogens with zero attached hydrogens (tertiary/aromatic N) is 3. The number of amides is 1. The van der Waals surface area contributed by atoms with Gasteiger partial charge in [0.05, 0.1) is 6.20 Å². The van der Waals surface area contributed by atoms with Crippen molar-refractivity contribution in [3.05, 3.63) is 82.3 Å². The van der Waals surface area contributed by atoms with Crippen molar-refractivity contribution in [3.63, 3.8) is 0 Å². The molecule has 0 aliphatic heterocycles. The lowest BCUT2D eigenvalue weighted by Crippen LogP contribution is -2.23. The number of hydrogen-bond acceptors (Lipinski definition) is 5. The molecule has 1 amide bonds. The lowest BCUT2D eigenvalue weighted by molar-refractivity contribution is 0.102. The van der Waals surface area contributed by atoms with Crippen LogP contribution in [0.4, 0.5) is 5.69 Å². The van der Waals surface area contributed by atoms with Gasteiger partial charge in [-0.25, -0.2) is 4.98 Å². The third-order valence-electron chi connectivity index (χ3n) is 3.87. The molecule has 4 aromatic rings. The Hall–Kier alpha value is -3.74. The molecule has 7 nitrogen and oxygen atoms in total. The molecule has 0 atom stereocenters. The van der Waals surface area contributed by atoms with Crippen molar-refractivity contribution in [1.29, 1.82) is 0 Å². The molecule has 0 bridgehead atoms. The van der Waals surface area contributed by atoms with Gasteiger partial charge in [-0.3, -0.25) is 9.59 Å². The van der Waals surface area contributed by atoms with E-state index in [1.165, 1.54) is 6.20 Å². The lowest BCUT2D eigenvalue weighted by atomic mass is 10.1. The number of anilines is 1. The van der Waals surface area contributed by atoms with Gasteiger partial charge in [-0.1, -0.05) is 35.9 Å². The van der Waals surface area contributed by atoms with E-state index in [1.807, 2.05) is 31.2 Å². The highest BCUT2D eigenvalue weighted by atomic mass is 16.4. The van der Waals surface area contributed by atoms with E-state index in [2.05, 4.69) is 15.4 Å². The minimum absolute atomic E-state index is 0.0279. The van der Waals surface area contributed by atoms with E-state index in [4.69, 9.17) is 4.42 Å². The van der Waals surface area contributed by atoms with Crippen LogP contribution in [0.5, 0.6) is 0 Å². The van der Waals surface area contributed by atoms with Crippen LogP contribution in [-0.4, -0.2) is 20.5 Å². The first-order valence-corrected chi connectivity index (χ1v) is 7.94. The van der Waals surface area contributed by atoms with Gasteiger partial charge < -0.3 is 9.73 Å². The van der Waals surface area contributed by atoms with Crippen LogP contribution in [0, 0.1) is 6.92 Å². The van der Waals surface area contributed by atoms with Crippen LogP contribution in [0.1, 0.15) is 15.9 Å². The summed E-state index contributed by atoms with van der Waals surface area (Å²) in [6, 6.07) is 16.2. The maximum atomic E-state index is 12.6. The molecule has 0 unspecified atom stereocenters. The number of aromatic nitrogens is 3. The van der Waals surface area contributed by atoms with Crippen LogP contribution in [-0.2, 0) is 0 Å². The zero-order valence-electron chi connectivity index (χ0n) is 13.8. The average Bonchev–Trinajstić information content (AvgIpc) is 3.10. The van der Waals surface area contributed by atoms with Gasteiger partial charge in [0.1, 0.15) is 5.69 Å². The van der Waals surface area contributed by atoms with Crippen LogP contribution >= 0.6 is 0 Å². The summed E-state index contributed by atoms with van der Waals surface area (Å²) in [5, 5.41) is 6.74. The van der Waals surface area contributed by atoms with Gasteiger partial charge >= 0.3 is 11.4 Å². The summed E-state index contributed by atoms with van der Waals surface area (Å²) in [5.41, 5.74) is 1.79. The average molecular weight is 346 g/mol. The summed E-state index contributed by atoms with van der Waals surface area (Å²) in [7, 11) is 0. The number of carbonyl (C=O) groups excluding carboxylic acids is 1. The van der Waals surface area contributed by atoms with Crippen molar-refractivity contribution in [3.8, 4) is 11.5 Å². The van der Waals surface area contributed by atoms with Crippen LogP contribution in [0.25, 0.3) is 17.3 Å². The monoisotopic (exact) mass is 346 g/mol. The molecule has 0 saturated carbocycles. The molecule has 0 saturated heterocycles. The predicted octanol–water partition coefficient (Wildman–Crippen LogP) is 2.91. The highest BCUT2D eigenvalue weighted by molar-refractivity contribution is 6.04. The zero-order chi connectivity index (χ0) is 18.1. The molecule has 4 rings (SSSR count). The van der Waals surface area contributed by atoms with Crippen molar-refractivity contribution in [2.24, 2.45) is 0 Å². The number of aryl methyl sites for hydroxylation is 1. The Bertz CT molecular complexity index is 1150. The lowest BCUT2D eigenvalue weighted by Gasteiger charge is -2.03. The predicted molar refractivity (Wildman–Crippen MR) is 96.1 cm³/mol. The van der Waals surface area contributed by atoms with Crippen molar-refractivity contribution in [2.75, 3.05) is 5.32 Å². The Balaban J connectivity index is 1.70. The third kappa shape index (κ3) is 2.86. The van der Waals surface area contributed by atoms with Gasteiger partial charge in [0.2, 0.25) is 5.89 Å². The summed E-state index contributed by atoms with van der Waals surface area (Å²) < 4.78 is 6.58. The summed E-state index contributed by atoms with van der Waals surface area (Å²) in [5.74, 6) is -0.0591. The first-order chi connectivity index (χ1) is 12.6. The Morgan fingerprint density at radius 1 is 1.08 bits per heavy atom. The fourth-order valence-corrected chi connectivity index (χ4v) is 2.47. The summed E-state index contributed by atoms with van der Waals surface area (Å²) in [6.45, 7) is 1.98. The van der Waals surface area contributed by atoms with Crippen LogP contribution < -0.4 is 10.9 Å². The highest BCUT2D eigenvalue weighted by Crippen LogP contribution is 2.19. The van der Waals surface area contributed by atoms with E-state index in [9.17, 15) is 9.59 Å². The standard InChI is InChI=1S/C19H14N4O3/c1-12-7-9-14(10-8-12)17-22-23-18(25)15(11-20-19(23)26-17)21-16(24)13-5-3-2-4-6-13/h2-11H,1H3,(H,21,24). The molecule has 0 aliphatic carbocycles. The Labute approximate surface area is 147 Å². The van der Waals surface area contributed by atoms with Crippen LogP contribution in [0.15, 0.2) is 70.0 Å². The van der Waals surface area contributed by atoms with Gasteiger partial charge in [0.25, 0.3) is 5.91 Å². The van der Waals surface area contributed by atoms with E-state index < -0.39 is 11.5 Å². The molecule has 128 valence electrons. The molecule has 0 spiro atoms. The van der Waals surface area contributed by atoms with Gasteiger partial charge in [-0.05, 0) is 31.2 Å². The van der Waals surface area contributed by atoms with E-state index in [1.54, 1.807) is 30.3 Å². The first kappa shape index (κ1) is 15.8. The highest BCUT2D eigenvalue weighted by Gasteiger charge is 2.15. The third-order valence-corrected chi connectivity index (χ3v) is 3.87. The molecule has 0 radical (unpaired) electrons. The molecule has 26 heavy (non-hydrogen) atoms. The van der Waals surface area contributed by atoms with Crippen molar-refractivity contribution in [1.82, 2.24) is 14.6 Å². The number of benzene rings is 2. The van der Waals surface area contributed by atoms with Gasteiger partial charge in [-0.2, -0.15) is 0 Å². The fourth-order valence-electron chi connectivity index (χ4n) is 2.47. The number of rotatable bonds is 3. The van der Waals surface area contributed by atoms with Crippen molar-refractivity contribution in [2.45, 2.75) is 6.92 Å². The molecule has 0 fully saturated rings. The van der Waals surface area contributed by atoms with E-state index in [0.717, 1.165) is 15.6 Å². The van der Waals surface area contributed by atoms with Gasteiger partial charge in [-0.15, -0.1) is 9.61 Å². The maximum absolute atomic E-state index is 12.6. The Kier molecular flexibility index (Phi) is 3.81. The minimum atomic E-state index is -0.513. The molecule has 0 aliphatic rings. The fraction of sp³-hybridized carbons (Fsp3) is 0.0526. The van der Waals surface area contributed by atoms with Gasteiger partial charge in [0, 0.05) is 11.1 Å². The topological polar surface area (TPSA) is 89.5 Å². The molecule has 2 aromatic heterocycles.